The molecule has 6 heteroatoms. The van der Waals surface area contributed by atoms with Gasteiger partial charge in [0.1, 0.15) is 0 Å². The summed E-state index contributed by atoms with van der Waals surface area (Å²) in [6.45, 7) is 0. The molecule has 0 saturated heterocycles. The number of para-hydroxylation sites is 1. The van der Waals surface area contributed by atoms with E-state index in [2.05, 4.69) is 0 Å². The van der Waals surface area contributed by atoms with Crippen LogP contribution in [0.2, 0.25) is 0 Å². The third-order valence-electron chi connectivity index (χ3n) is 2.59. The Labute approximate surface area is 122 Å². The van der Waals surface area contributed by atoms with E-state index in [1.54, 1.807) is 36.4 Å². The number of rotatable bonds is 5. The number of amides is 1. The molecule has 0 aliphatic rings. The van der Waals surface area contributed by atoms with Crippen molar-refractivity contribution in [2.24, 2.45) is 5.73 Å². The van der Waals surface area contributed by atoms with Gasteiger partial charge >= 0.3 is 10.1 Å². The van der Waals surface area contributed by atoms with E-state index in [9.17, 15) is 13.2 Å². The second-order valence-corrected chi connectivity index (χ2v) is 5.57. The first-order valence-corrected chi connectivity index (χ1v) is 7.51. The predicted molar refractivity (Wildman–Crippen MR) is 80.0 cm³/mol. The van der Waals surface area contributed by atoms with Crippen LogP contribution in [0.25, 0.3) is 6.08 Å². The van der Waals surface area contributed by atoms with Crippen LogP contribution in [-0.2, 0) is 10.1 Å². The average molecular weight is 303 g/mol. The van der Waals surface area contributed by atoms with Crippen LogP contribution < -0.4 is 9.92 Å². The summed E-state index contributed by atoms with van der Waals surface area (Å²) >= 11 is 0. The SMILES string of the molecule is NC(=O)c1ccccc1OS(=O)(=O)/C=C/c1ccccc1. The molecular weight excluding hydrogens is 290 g/mol. The molecule has 108 valence electrons. The normalized spacial score (nSPS) is 11.4. The molecule has 2 rings (SSSR count). The van der Waals surface area contributed by atoms with Gasteiger partial charge < -0.3 is 9.92 Å². The highest BCUT2D eigenvalue weighted by molar-refractivity contribution is 7.90. The molecule has 0 saturated carbocycles. The highest BCUT2D eigenvalue weighted by Gasteiger charge is 2.14. The maximum absolute atomic E-state index is 11.9. The quantitative estimate of drug-likeness (QED) is 0.858. The minimum absolute atomic E-state index is 0.00851. The third-order valence-corrected chi connectivity index (χ3v) is 3.47. The maximum atomic E-state index is 11.9. The first-order chi connectivity index (χ1) is 9.98. The summed E-state index contributed by atoms with van der Waals surface area (Å²) in [5, 5.41) is 0.931. The van der Waals surface area contributed by atoms with E-state index < -0.39 is 16.0 Å². The Morgan fingerprint density at radius 3 is 2.29 bits per heavy atom. The van der Waals surface area contributed by atoms with Gasteiger partial charge in [0.05, 0.1) is 11.0 Å². The minimum atomic E-state index is -3.98. The number of hydrogen-bond donors (Lipinski definition) is 1. The Morgan fingerprint density at radius 2 is 1.62 bits per heavy atom. The zero-order chi connectivity index (χ0) is 15.3. The zero-order valence-electron chi connectivity index (χ0n) is 11.0. The van der Waals surface area contributed by atoms with Gasteiger partial charge in [-0.15, -0.1) is 0 Å². The Kier molecular flexibility index (Phi) is 4.39. The topological polar surface area (TPSA) is 86.5 Å². The monoisotopic (exact) mass is 303 g/mol. The van der Waals surface area contributed by atoms with E-state index in [1.807, 2.05) is 6.07 Å². The van der Waals surface area contributed by atoms with Crippen molar-refractivity contribution in [1.82, 2.24) is 0 Å². The Bertz CT molecular complexity index is 767. The lowest BCUT2D eigenvalue weighted by Gasteiger charge is -2.06. The van der Waals surface area contributed by atoms with Crippen LogP contribution in [0.4, 0.5) is 0 Å². The highest BCUT2D eigenvalue weighted by atomic mass is 32.2. The van der Waals surface area contributed by atoms with Crippen LogP contribution in [-0.4, -0.2) is 14.3 Å². The van der Waals surface area contributed by atoms with E-state index in [0.717, 1.165) is 5.41 Å². The third kappa shape index (κ3) is 4.19. The Hall–Kier alpha value is -2.60. The Morgan fingerprint density at radius 1 is 1.00 bits per heavy atom. The van der Waals surface area contributed by atoms with E-state index in [-0.39, 0.29) is 11.3 Å². The van der Waals surface area contributed by atoms with Gasteiger partial charge in [-0.25, -0.2) is 0 Å². The summed E-state index contributed by atoms with van der Waals surface area (Å²) in [4.78, 5) is 11.2. The molecule has 21 heavy (non-hydrogen) atoms. The van der Waals surface area contributed by atoms with Crippen molar-refractivity contribution >= 4 is 22.1 Å². The Balaban J connectivity index is 2.23. The standard InChI is InChI=1S/C15H13NO4S/c16-15(17)13-8-4-5-9-14(13)20-21(18,19)11-10-12-6-2-1-3-7-12/h1-11H,(H2,16,17)/b11-10+. The van der Waals surface area contributed by atoms with Crippen molar-refractivity contribution in [1.29, 1.82) is 0 Å². The fourth-order valence-corrected chi connectivity index (χ4v) is 2.40. The fraction of sp³-hybridized carbons (Fsp3) is 0. The number of hydrogen-bond acceptors (Lipinski definition) is 4. The molecule has 0 aliphatic heterocycles. The van der Waals surface area contributed by atoms with Crippen LogP contribution in [0, 0.1) is 0 Å². The summed E-state index contributed by atoms with van der Waals surface area (Å²) in [6, 6.07) is 14.8. The second-order valence-electron chi connectivity index (χ2n) is 4.15. The van der Waals surface area contributed by atoms with Gasteiger partial charge in [-0.3, -0.25) is 4.79 Å². The van der Waals surface area contributed by atoms with E-state index >= 15 is 0 Å². The van der Waals surface area contributed by atoms with Crippen LogP contribution in [0.5, 0.6) is 5.75 Å². The number of benzene rings is 2. The summed E-state index contributed by atoms with van der Waals surface area (Å²) in [6.07, 6.45) is 1.40. The number of primary amides is 1. The smallest absolute Gasteiger partial charge is 0.332 e. The van der Waals surface area contributed by atoms with Gasteiger partial charge in [0, 0.05) is 0 Å². The number of carbonyl (C=O) groups is 1. The van der Waals surface area contributed by atoms with Gasteiger partial charge in [0.25, 0.3) is 5.91 Å². The van der Waals surface area contributed by atoms with Crippen LogP contribution in [0.1, 0.15) is 15.9 Å². The van der Waals surface area contributed by atoms with Crippen molar-refractivity contribution in [3.8, 4) is 5.75 Å². The summed E-state index contributed by atoms with van der Waals surface area (Å²) < 4.78 is 28.7. The number of nitrogens with two attached hydrogens (primary N) is 1. The molecule has 0 unspecified atom stereocenters. The second kappa shape index (κ2) is 6.23. The van der Waals surface area contributed by atoms with Gasteiger partial charge in [-0.1, -0.05) is 42.5 Å². The molecule has 2 N–H and O–H groups in total. The summed E-state index contributed by atoms with van der Waals surface area (Å²) in [5.74, 6) is -0.851. The molecule has 0 radical (unpaired) electrons. The highest BCUT2D eigenvalue weighted by Crippen LogP contribution is 2.20. The van der Waals surface area contributed by atoms with Crippen molar-refractivity contribution < 1.29 is 17.4 Å². The summed E-state index contributed by atoms with van der Waals surface area (Å²) in [7, 11) is -3.98. The van der Waals surface area contributed by atoms with E-state index in [4.69, 9.17) is 9.92 Å². The zero-order valence-corrected chi connectivity index (χ0v) is 11.8. The molecule has 0 aliphatic carbocycles. The molecule has 2 aromatic rings. The number of carbonyl (C=O) groups excluding carboxylic acids is 1. The van der Waals surface area contributed by atoms with Crippen LogP contribution >= 0.6 is 0 Å². The van der Waals surface area contributed by atoms with Crippen molar-refractivity contribution in [2.75, 3.05) is 0 Å². The van der Waals surface area contributed by atoms with Gasteiger partial charge in [-0.05, 0) is 23.8 Å². The van der Waals surface area contributed by atoms with Crippen molar-refractivity contribution in [3.05, 3.63) is 71.1 Å². The molecular formula is C15H13NO4S. The van der Waals surface area contributed by atoms with Gasteiger partial charge in [0.15, 0.2) is 5.75 Å². The lowest BCUT2D eigenvalue weighted by atomic mass is 10.2. The molecule has 1 amide bonds. The molecule has 0 bridgehead atoms. The van der Waals surface area contributed by atoms with E-state index in [0.29, 0.717) is 5.56 Å². The largest absolute Gasteiger partial charge is 0.379 e. The fourth-order valence-electron chi connectivity index (χ4n) is 1.62. The van der Waals surface area contributed by atoms with Crippen LogP contribution in [0.15, 0.2) is 60.0 Å². The predicted octanol–water partition coefficient (Wildman–Crippen LogP) is 2.17. The average Bonchev–Trinajstić information content (AvgIpc) is 2.46. The molecule has 0 spiro atoms. The first-order valence-electron chi connectivity index (χ1n) is 6.04. The molecule has 0 fully saturated rings. The van der Waals surface area contributed by atoms with Gasteiger partial charge in [-0.2, -0.15) is 8.42 Å². The molecule has 0 heterocycles. The lowest BCUT2D eigenvalue weighted by molar-refractivity contribution is 0.0999. The molecule has 0 aromatic heterocycles. The van der Waals surface area contributed by atoms with Crippen molar-refractivity contribution in [3.63, 3.8) is 0 Å². The van der Waals surface area contributed by atoms with Gasteiger partial charge in [0.2, 0.25) is 0 Å². The minimum Gasteiger partial charge on any atom is -0.379 e. The maximum Gasteiger partial charge on any atom is 0.332 e. The molecule has 0 atom stereocenters. The molecule has 2 aromatic carbocycles. The van der Waals surface area contributed by atoms with E-state index in [1.165, 1.54) is 18.2 Å². The summed E-state index contributed by atoms with van der Waals surface area (Å²) in [5.41, 5.74) is 5.89. The molecule has 5 nitrogen and oxygen atoms in total. The van der Waals surface area contributed by atoms with Crippen LogP contribution in [0.3, 0.4) is 0 Å². The van der Waals surface area contributed by atoms with Crippen molar-refractivity contribution in [2.45, 2.75) is 0 Å². The first kappa shape index (κ1) is 14.8. The lowest BCUT2D eigenvalue weighted by Crippen LogP contribution is -2.14.